The average molecular weight is 667 g/mol. The number of amides is 1. The molecule has 12 nitrogen and oxygen atoms in total. The normalized spacial score (nSPS) is 19.7. The number of aromatic nitrogens is 2. The third-order valence-electron chi connectivity index (χ3n) is 9.38. The number of sulfonamides is 1. The quantitative estimate of drug-likeness (QED) is 0.257. The number of hydrogen-bond acceptors (Lipinski definition) is 11. The van der Waals surface area contributed by atoms with E-state index < -0.39 is 21.5 Å². The molecule has 0 saturated carbocycles. The minimum Gasteiger partial charge on any atom is -0.497 e. The number of rotatable bonds is 9. The molecule has 2 aromatic heterocycles. The summed E-state index contributed by atoms with van der Waals surface area (Å²) in [5, 5.41) is 9.67. The van der Waals surface area contributed by atoms with Crippen molar-refractivity contribution in [2.24, 2.45) is 5.41 Å². The number of methoxy groups -OCH3 is 2. The Labute approximate surface area is 279 Å². The zero-order chi connectivity index (χ0) is 33.8. The molecular weight excluding hydrogens is 632 g/mol. The summed E-state index contributed by atoms with van der Waals surface area (Å²) >= 11 is 0. The molecule has 48 heavy (non-hydrogen) atoms. The highest BCUT2D eigenvalue weighted by atomic mass is 32.2. The number of fused-ring (bicyclic) bond motifs is 1. The van der Waals surface area contributed by atoms with E-state index in [1.807, 2.05) is 30.9 Å². The van der Waals surface area contributed by atoms with Crippen molar-refractivity contribution in [3.05, 3.63) is 95.4 Å². The van der Waals surface area contributed by atoms with Crippen LogP contribution in [0.4, 0.5) is 11.4 Å². The molecule has 13 heteroatoms. The predicted molar refractivity (Wildman–Crippen MR) is 177 cm³/mol. The molecule has 5 heterocycles. The van der Waals surface area contributed by atoms with Gasteiger partial charge in [0.2, 0.25) is 0 Å². The van der Waals surface area contributed by atoms with Crippen LogP contribution in [0.25, 0.3) is 0 Å². The number of ether oxygens (including phenoxy) is 3. The van der Waals surface area contributed by atoms with Gasteiger partial charge in [0.15, 0.2) is 10.6 Å². The van der Waals surface area contributed by atoms with Crippen molar-refractivity contribution in [2.75, 3.05) is 56.2 Å². The fourth-order valence-electron chi connectivity index (χ4n) is 7.23. The van der Waals surface area contributed by atoms with Gasteiger partial charge in [0.1, 0.15) is 17.2 Å². The lowest BCUT2D eigenvalue weighted by molar-refractivity contribution is -0.139. The van der Waals surface area contributed by atoms with E-state index in [0.29, 0.717) is 48.1 Å². The molecule has 0 aliphatic carbocycles. The molecule has 1 atom stereocenters. The van der Waals surface area contributed by atoms with E-state index in [4.69, 9.17) is 14.2 Å². The summed E-state index contributed by atoms with van der Waals surface area (Å²) < 4.78 is 46.6. The first kappa shape index (κ1) is 31.4. The Morgan fingerprint density at radius 2 is 1.67 bits per heavy atom. The van der Waals surface area contributed by atoms with Crippen LogP contribution in [0, 0.1) is 23.7 Å². The number of likely N-dealkylation sites (tertiary alicyclic amines) is 1. The number of benzene rings is 2. The standard InChI is InChI=1S/C35H34N6O6S/c1-5-47-31-10-7-26(45-3)16-29(31)35(40-21-34(22-40)19-39(20-34)25-12-13-37-23(2)14-25)28-15-24(17-36)6-9-30(28)41(33(35)42)48(43,44)32-11-8-27(46-4)18-38-32/h6-16,18H,5,19-22H2,1-4H3. The lowest BCUT2D eigenvalue weighted by Crippen LogP contribution is -2.76. The lowest BCUT2D eigenvalue weighted by Gasteiger charge is -2.64. The number of anilines is 2. The minimum absolute atomic E-state index is 0.133. The molecule has 1 unspecified atom stereocenters. The maximum absolute atomic E-state index is 15.3. The second kappa shape index (κ2) is 11.5. The number of nitrogens with zero attached hydrogens (tertiary/aromatic N) is 6. The van der Waals surface area contributed by atoms with Crippen molar-refractivity contribution in [1.29, 1.82) is 5.26 Å². The Morgan fingerprint density at radius 1 is 0.917 bits per heavy atom. The van der Waals surface area contributed by atoms with Crippen LogP contribution < -0.4 is 23.4 Å². The first-order valence-electron chi connectivity index (χ1n) is 15.5. The van der Waals surface area contributed by atoms with E-state index in [9.17, 15) is 13.7 Å². The number of pyridine rings is 2. The minimum atomic E-state index is -4.53. The summed E-state index contributed by atoms with van der Waals surface area (Å²) in [6.07, 6.45) is 3.09. The fourth-order valence-corrected chi connectivity index (χ4v) is 8.61. The average Bonchev–Trinajstić information content (AvgIpc) is 3.32. The number of nitriles is 1. The summed E-state index contributed by atoms with van der Waals surface area (Å²) in [7, 11) is -1.55. The van der Waals surface area contributed by atoms with Crippen LogP contribution in [0.3, 0.4) is 0 Å². The van der Waals surface area contributed by atoms with Gasteiger partial charge in [0.25, 0.3) is 15.9 Å². The smallest absolute Gasteiger partial charge is 0.288 e. The highest BCUT2D eigenvalue weighted by Crippen LogP contribution is 2.57. The number of carbonyl (C=O) groups is 1. The van der Waals surface area contributed by atoms with E-state index in [1.165, 1.54) is 44.7 Å². The lowest BCUT2D eigenvalue weighted by atomic mass is 9.67. The maximum atomic E-state index is 15.3. The molecule has 0 bridgehead atoms. The second-order valence-corrected chi connectivity index (χ2v) is 14.1. The molecule has 4 aromatic rings. The summed E-state index contributed by atoms with van der Waals surface area (Å²) in [6.45, 7) is 6.61. The SMILES string of the molecule is CCOc1ccc(OC)cc1C1(N2CC3(CN(c4ccnc(C)c4)C3)C2)C(=O)N(S(=O)(=O)c2ccc(OC)cn2)c2ccc(C#N)cc21. The van der Waals surface area contributed by atoms with Gasteiger partial charge >= 0.3 is 0 Å². The molecule has 0 radical (unpaired) electrons. The Bertz CT molecular complexity index is 2070. The van der Waals surface area contributed by atoms with Gasteiger partial charge in [-0.15, -0.1) is 0 Å². The number of aryl methyl sites for hydroxylation is 1. The Morgan fingerprint density at radius 3 is 2.31 bits per heavy atom. The number of carbonyl (C=O) groups excluding carboxylic acids is 1. The third kappa shape index (κ3) is 4.66. The molecule has 2 saturated heterocycles. The molecule has 246 valence electrons. The van der Waals surface area contributed by atoms with Crippen LogP contribution in [0.15, 0.2) is 78.1 Å². The first-order valence-corrected chi connectivity index (χ1v) is 16.9. The van der Waals surface area contributed by atoms with E-state index in [2.05, 4.69) is 20.9 Å². The Kier molecular flexibility index (Phi) is 7.53. The molecule has 1 amide bonds. The van der Waals surface area contributed by atoms with Gasteiger partial charge in [-0.1, -0.05) is 0 Å². The van der Waals surface area contributed by atoms with Gasteiger partial charge in [-0.3, -0.25) is 14.7 Å². The molecule has 3 aliphatic rings. The summed E-state index contributed by atoms with van der Waals surface area (Å²) in [6, 6.07) is 18.8. The Balaban J connectivity index is 1.39. The van der Waals surface area contributed by atoms with Crippen molar-refractivity contribution in [3.63, 3.8) is 0 Å². The van der Waals surface area contributed by atoms with E-state index in [1.54, 1.807) is 30.5 Å². The fraction of sp³-hybridized carbons (Fsp3) is 0.314. The van der Waals surface area contributed by atoms with Crippen molar-refractivity contribution < 1.29 is 27.4 Å². The Hall–Kier alpha value is -5.19. The predicted octanol–water partition coefficient (Wildman–Crippen LogP) is 3.87. The van der Waals surface area contributed by atoms with Gasteiger partial charge in [0, 0.05) is 60.3 Å². The molecule has 7 rings (SSSR count). The van der Waals surface area contributed by atoms with Crippen molar-refractivity contribution in [3.8, 4) is 23.3 Å². The highest BCUT2D eigenvalue weighted by molar-refractivity contribution is 7.93. The first-order chi connectivity index (χ1) is 23.1. The van der Waals surface area contributed by atoms with Crippen molar-refractivity contribution in [1.82, 2.24) is 14.9 Å². The van der Waals surface area contributed by atoms with Crippen LogP contribution in [0.2, 0.25) is 0 Å². The molecular formula is C35H34N6O6S. The summed E-state index contributed by atoms with van der Waals surface area (Å²) in [5.74, 6) is 0.533. The molecule has 3 aliphatic heterocycles. The van der Waals surface area contributed by atoms with Crippen LogP contribution in [-0.2, 0) is 20.4 Å². The zero-order valence-corrected chi connectivity index (χ0v) is 27.8. The third-order valence-corrected chi connectivity index (χ3v) is 11.0. The second-order valence-electron chi connectivity index (χ2n) is 12.3. The van der Waals surface area contributed by atoms with Crippen LogP contribution in [0.1, 0.15) is 29.3 Å². The van der Waals surface area contributed by atoms with Crippen LogP contribution in [0.5, 0.6) is 17.2 Å². The van der Waals surface area contributed by atoms with Crippen LogP contribution in [-0.4, -0.2) is 76.2 Å². The van der Waals surface area contributed by atoms with Gasteiger partial charge < -0.3 is 19.1 Å². The molecule has 2 aromatic carbocycles. The zero-order valence-electron chi connectivity index (χ0n) is 27.0. The van der Waals surface area contributed by atoms with E-state index in [0.717, 1.165) is 28.8 Å². The largest absolute Gasteiger partial charge is 0.497 e. The van der Waals surface area contributed by atoms with Gasteiger partial charge in [0.05, 0.1) is 44.3 Å². The van der Waals surface area contributed by atoms with Gasteiger partial charge in [-0.05, 0) is 74.5 Å². The maximum Gasteiger partial charge on any atom is 0.288 e. The van der Waals surface area contributed by atoms with E-state index >= 15 is 4.79 Å². The van der Waals surface area contributed by atoms with E-state index in [-0.39, 0.29) is 21.7 Å². The topological polar surface area (TPSA) is 138 Å². The summed E-state index contributed by atoms with van der Waals surface area (Å²) in [5.41, 5.74) is 1.44. The van der Waals surface area contributed by atoms with Gasteiger partial charge in [-0.2, -0.15) is 18.0 Å². The number of hydrogen-bond donors (Lipinski definition) is 0. The highest BCUT2D eigenvalue weighted by Gasteiger charge is 2.66. The molecule has 2 fully saturated rings. The molecule has 1 spiro atoms. The molecule has 0 N–H and O–H groups in total. The summed E-state index contributed by atoms with van der Waals surface area (Å²) in [4.78, 5) is 28.1. The van der Waals surface area contributed by atoms with Crippen molar-refractivity contribution in [2.45, 2.75) is 24.4 Å². The monoisotopic (exact) mass is 666 g/mol. The van der Waals surface area contributed by atoms with Crippen molar-refractivity contribution >= 4 is 27.3 Å². The van der Waals surface area contributed by atoms with Gasteiger partial charge in [-0.25, -0.2) is 4.98 Å². The van der Waals surface area contributed by atoms with Crippen LogP contribution >= 0.6 is 0 Å².